The molecule has 0 bridgehead atoms. The van der Waals surface area contributed by atoms with Gasteiger partial charge in [-0.25, -0.2) is 4.39 Å². The molecule has 7 heteroatoms. The maximum absolute atomic E-state index is 13.3. The third-order valence-corrected chi connectivity index (χ3v) is 2.41. The van der Waals surface area contributed by atoms with Gasteiger partial charge in [-0.15, -0.1) is 0 Å². The Bertz CT molecular complexity index is 465. The van der Waals surface area contributed by atoms with E-state index >= 15 is 0 Å². The summed E-state index contributed by atoms with van der Waals surface area (Å²) in [5.74, 6) is -1.19. The quantitative estimate of drug-likeness (QED) is 0.619. The van der Waals surface area contributed by atoms with Crippen molar-refractivity contribution in [2.45, 2.75) is 25.8 Å². The Morgan fingerprint density at radius 1 is 1.61 bits per heavy atom. The molecule has 6 nitrogen and oxygen atoms in total. The molecular formula is C11H14FN3O3. The van der Waals surface area contributed by atoms with Crippen molar-refractivity contribution in [2.75, 3.05) is 5.32 Å². The van der Waals surface area contributed by atoms with Gasteiger partial charge in [0.2, 0.25) is 5.91 Å². The van der Waals surface area contributed by atoms with E-state index in [1.54, 1.807) is 0 Å². The lowest BCUT2D eigenvalue weighted by molar-refractivity contribution is -0.384. The number of rotatable bonds is 5. The normalized spacial score (nSPS) is 11.9. The van der Waals surface area contributed by atoms with Crippen molar-refractivity contribution in [3.05, 3.63) is 34.1 Å². The lowest BCUT2D eigenvalue weighted by Gasteiger charge is -2.09. The predicted octanol–water partition coefficient (Wildman–Crippen LogP) is 1.80. The molecule has 1 atom stereocenters. The molecule has 1 aromatic carbocycles. The summed E-state index contributed by atoms with van der Waals surface area (Å²) in [6.45, 7) is 1.83. The number of nitro groups is 1. The summed E-state index contributed by atoms with van der Waals surface area (Å²) >= 11 is 0. The van der Waals surface area contributed by atoms with Crippen LogP contribution in [0.1, 0.15) is 19.8 Å². The zero-order valence-corrected chi connectivity index (χ0v) is 9.85. The van der Waals surface area contributed by atoms with Crippen LogP contribution >= 0.6 is 0 Å². The number of nitrogens with zero attached hydrogens (tertiary/aromatic N) is 1. The molecule has 0 saturated heterocycles. The number of anilines is 1. The number of amides is 1. The number of hydrogen-bond donors (Lipinski definition) is 2. The van der Waals surface area contributed by atoms with E-state index in [9.17, 15) is 19.3 Å². The fraction of sp³-hybridized carbons (Fsp3) is 0.364. The second-order valence-electron chi connectivity index (χ2n) is 3.84. The molecule has 1 aromatic rings. The number of carbonyl (C=O) groups is 1. The molecule has 0 heterocycles. The average molecular weight is 255 g/mol. The third-order valence-electron chi connectivity index (χ3n) is 2.41. The van der Waals surface area contributed by atoms with E-state index in [2.05, 4.69) is 5.32 Å². The zero-order chi connectivity index (χ0) is 13.7. The van der Waals surface area contributed by atoms with Gasteiger partial charge in [0.25, 0.3) is 5.69 Å². The van der Waals surface area contributed by atoms with Crippen molar-refractivity contribution in [1.82, 2.24) is 0 Å². The molecule has 0 aromatic heterocycles. The van der Waals surface area contributed by atoms with E-state index in [4.69, 9.17) is 5.73 Å². The third kappa shape index (κ3) is 3.77. The van der Waals surface area contributed by atoms with Crippen LogP contribution in [0, 0.1) is 15.9 Å². The second-order valence-corrected chi connectivity index (χ2v) is 3.84. The molecule has 0 radical (unpaired) electrons. The molecule has 18 heavy (non-hydrogen) atoms. The zero-order valence-electron chi connectivity index (χ0n) is 9.85. The predicted molar refractivity (Wildman–Crippen MR) is 64.6 cm³/mol. The molecular weight excluding hydrogens is 241 g/mol. The number of benzene rings is 1. The minimum absolute atomic E-state index is 0.0403. The van der Waals surface area contributed by atoms with Gasteiger partial charge in [-0.1, -0.05) is 6.92 Å². The SMILES string of the molecule is CCC(N)CC(=O)Nc1cc([N+](=O)[O-])ccc1F. The molecule has 1 unspecified atom stereocenters. The van der Waals surface area contributed by atoms with Crippen molar-refractivity contribution in [3.8, 4) is 0 Å². The highest BCUT2D eigenvalue weighted by Gasteiger charge is 2.14. The van der Waals surface area contributed by atoms with Crippen LogP contribution in [-0.4, -0.2) is 16.9 Å². The molecule has 0 aliphatic heterocycles. The Labute approximate surface area is 103 Å². The number of hydrogen-bond acceptors (Lipinski definition) is 4. The van der Waals surface area contributed by atoms with Gasteiger partial charge in [-0.05, 0) is 12.5 Å². The van der Waals surface area contributed by atoms with E-state index in [1.165, 1.54) is 0 Å². The van der Waals surface area contributed by atoms with Gasteiger partial charge in [-0.3, -0.25) is 14.9 Å². The first-order valence-electron chi connectivity index (χ1n) is 5.43. The van der Waals surface area contributed by atoms with E-state index in [0.29, 0.717) is 6.42 Å². The van der Waals surface area contributed by atoms with Crippen LogP contribution in [0.2, 0.25) is 0 Å². The van der Waals surface area contributed by atoms with Gasteiger partial charge in [0.05, 0.1) is 10.6 Å². The summed E-state index contributed by atoms with van der Waals surface area (Å²) in [4.78, 5) is 21.4. The molecule has 0 aliphatic rings. The summed E-state index contributed by atoms with van der Waals surface area (Å²) < 4.78 is 13.3. The molecule has 0 fully saturated rings. The van der Waals surface area contributed by atoms with Gasteiger partial charge in [0.15, 0.2) is 0 Å². The highest BCUT2D eigenvalue weighted by molar-refractivity contribution is 5.91. The molecule has 3 N–H and O–H groups in total. The van der Waals surface area contributed by atoms with Crippen molar-refractivity contribution in [1.29, 1.82) is 0 Å². The van der Waals surface area contributed by atoms with Crippen LogP contribution in [0.25, 0.3) is 0 Å². The maximum Gasteiger partial charge on any atom is 0.271 e. The van der Waals surface area contributed by atoms with Crippen LogP contribution < -0.4 is 11.1 Å². The smallest absolute Gasteiger partial charge is 0.271 e. The molecule has 0 saturated carbocycles. The van der Waals surface area contributed by atoms with Gasteiger partial charge >= 0.3 is 0 Å². The molecule has 1 rings (SSSR count). The largest absolute Gasteiger partial charge is 0.327 e. The fourth-order valence-corrected chi connectivity index (χ4v) is 1.31. The van der Waals surface area contributed by atoms with Gasteiger partial charge < -0.3 is 11.1 Å². The van der Waals surface area contributed by atoms with Crippen molar-refractivity contribution in [2.24, 2.45) is 5.73 Å². The number of nitrogens with two attached hydrogens (primary N) is 1. The lowest BCUT2D eigenvalue weighted by Crippen LogP contribution is -2.26. The topological polar surface area (TPSA) is 98.3 Å². The van der Waals surface area contributed by atoms with Crippen LogP contribution in [0.15, 0.2) is 18.2 Å². The summed E-state index contributed by atoms with van der Waals surface area (Å²) in [5.41, 5.74) is 5.08. The first kappa shape index (κ1) is 14.0. The number of carbonyl (C=O) groups excluding carboxylic acids is 1. The van der Waals surface area contributed by atoms with Crippen LogP contribution in [-0.2, 0) is 4.79 Å². The summed E-state index contributed by atoms with van der Waals surface area (Å²) in [6, 6.07) is 2.63. The van der Waals surface area contributed by atoms with Gasteiger partial charge in [-0.2, -0.15) is 0 Å². The van der Waals surface area contributed by atoms with Crippen LogP contribution in [0.3, 0.4) is 0 Å². The summed E-state index contributed by atoms with van der Waals surface area (Å²) in [6.07, 6.45) is 0.656. The van der Waals surface area contributed by atoms with E-state index < -0.39 is 16.6 Å². The highest BCUT2D eigenvalue weighted by Crippen LogP contribution is 2.21. The first-order chi connectivity index (χ1) is 8.43. The molecule has 0 spiro atoms. The first-order valence-corrected chi connectivity index (χ1v) is 5.43. The van der Waals surface area contributed by atoms with Crippen LogP contribution in [0.5, 0.6) is 0 Å². The van der Waals surface area contributed by atoms with Crippen molar-refractivity contribution in [3.63, 3.8) is 0 Å². The number of nitro benzene ring substituents is 1. The monoisotopic (exact) mass is 255 g/mol. The van der Waals surface area contributed by atoms with Crippen LogP contribution in [0.4, 0.5) is 15.8 Å². The fourth-order valence-electron chi connectivity index (χ4n) is 1.31. The van der Waals surface area contributed by atoms with E-state index in [1.807, 2.05) is 6.92 Å². The minimum atomic E-state index is -0.723. The standard InChI is InChI=1S/C11H14FN3O3/c1-2-7(13)5-11(16)14-10-6-8(15(17)18)3-4-9(10)12/h3-4,6-7H,2,5,13H2,1H3,(H,14,16). The van der Waals surface area contributed by atoms with Gasteiger partial charge in [0.1, 0.15) is 5.82 Å². The second kappa shape index (κ2) is 6.06. The van der Waals surface area contributed by atoms with Crippen molar-refractivity contribution >= 4 is 17.3 Å². The van der Waals surface area contributed by atoms with Gasteiger partial charge in [0, 0.05) is 24.6 Å². The Balaban J connectivity index is 2.80. The Morgan fingerprint density at radius 3 is 2.83 bits per heavy atom. The average Bonchev–Trinajstić information content (AvgIpc) is 2.31. The number of non-ortho nitro benzene ring substituents is 1. The van der Waals surface area contributed by atoms with E-state index in [-0.39, 0.29) is 23.8 Å². The maximum atomic E-state index is 13.3. The Hall–Kier alpha value is -2.02. The van der Waals surface area contributed by atoms with E-state index in [0.717, 1.165) is 18.2 Å². The minimum Gasteiger partial charge on any atom is -0.327 e. The summed E-state index contributed by atoms with van der Waals surface area (Å²) in [7, 11) is 0. The Morgan fingerprint density at radius 2 is 2.28 bits per heavy atom. The summed E-state index contributed by atoms with van der Waals surface area (Å²) in [5, 5.41) is 12.8. The Kier molecular flexibility index (Phi) is 4.73. The molecule has 0 aliphatic carbocycles. The number of halogens is 1. The lowest BCUT2D eigenvalue weighted by atomic mass is 10.1. The molecule has 98 valence electrons. The highest BCUT2D eigenvalue weighted by atomic mass is 19.1. The molecule has 1 amide bonds. The number of nitrogens with one attached hydrogen (secondary N) is 1. The van der Waals surface area contributed by atoms with Crippen molar-refractivity contribution < 1.29 is 14.1 Å².